The molecule has 0 radical (unpaired) electrons. The highest BCUT2D eigenvalue weighted by molar-refractivity contribution is 7.07. The van der Waals surface area contributed by atoms with Crippen LogP contribution in [0.15, 0.2) is 35.0 Å². The minimum Gasteiger partial charge on any atom is -0.493 e. The molecule has 1 N–H and O–H groups in total. The summed E-state index contributed by atoms with van der Waals surface area (Å²) in [5.41, 5.74) is 2.10. The third-order valence-electron chi connectivity index (χ3n) is 2.64. The molecule has 0 spiro atoms. The summed E-state index contributed by atoms with van der Waals surface area (Å²) in [6.07, 6.45) is 0.883. The molecule has 0 aliphatic rings. The zero-order valence-electron chi connectivity index (χ0n) is 10.3. The van der Waals surface area contributed by atoms with Gasteiger partial charge in [0.25, 0.3) is 0 Å². The van der Waals surface area contributed by atoms with E-state index in [-0.39, 0.29) is 6.61 Å². The maximum Gasteiger partial charge on any atom is 0.161 e. The van der Waals surface area contributed by atoms with E-state index in [9.17, 15) is 0 Å². The van der Waals surface area contributed by atoms with Crippen LogP contribution in [0.3, 0.4) is 0 Å². The van der Waals surface area contributed by atoms with Crippen LogP contribution < -0.4 is 9.47 Å². The van der Waals surface area contributed by atoms with Crippen molar-refractivity contribution in [2.24, 2.45) is 0 Å². The SMILES string of the molecule is COc1cc(CO)ccc1OCCc1ccsc1. The number of ether oxygens (including phenoxy) is 2. The van der Waals surface area contributed by atoms with Crippen molar-refractivity contribution in [2.75, 3.05) is 13.7 Å². The Morgan fingerprint density at radius 2 is 2.06 bits per heavy atom. The molecule has 0 aliphatic heterocycles. The van der Waals surface area contributed by atoms with Crippen molar-refractivity contribution in [1.82, 2.24) is 0 Å². The molecule has 0 amide bonds. The maximum atomic E-state index is 9.05. The van der Waals surface area contributed by atoms with Gasteiger partial charge in [-0.25, -0.2) is 0 Å². The fourth-order valence-electron chi connectivity index (χ4n) is 1.64. The van der Waals surface area contributed by atoms with Crippen LogP contribution in [-0.2, 0) is 13.0 Å². The second-order valence-electron chi connectivity index (χ2n) is 3.87. The second kappa shape index (κ2) is 6.42. The summed E-state index contributed by atoms with van der Waals surface area (Å²) < 4.78 is 10.9. The summed E-state index contributed by atoms with van der Waals surface area (Å²) >= 11 is 1.69. The van der Waals surface area contributed by atoms with Gasteiger partial charge in [0.05, 0.1) is 20.3 Å². The molecular weight excluding hydrogens is 248 g/mol. The predicted octanol–water partition coefficient (Wildman–Crippen LogP) is 2.87. The van der Waals surface area contributed by atoms with Crippen molar-refractivity contribution in [3.63, 3.8) is 0 Å². The monoisotopic (exact) mass is 264 g/mol. The number of hydrogen-bond acceptors (Lipinski definition) is 4. The highest BCUT2D eigenvalue weighted by Crippen LogP contribution is 2.28. The first-order valence-electron chi connectivity index (χ1n) is 5.75. The van der Waals surface area contributed by atoms with Crippen LogP contribution in [0.1, 0.15) is 11.1 Å². The van der Waals surface area contributed by atoms with Crippen LogP contribution >= 0.6 is 11.3 Å². The van der Waals surface area contributed by atoms with Crippen LogP contribution in [0, 0.1) is 0 Å². The lowest BCUT2D eigenvalue weighted by Crippen LogP contribution is -2.02. The third kappa shape index (κ3) is 3.24. The van der Waals surface area contributed by atoms with E-state index >= 15 is 0 Å². The molecule has 3 nitrogen and oxygen atoms in total. The maximum absolute atomic E-state index is 9.05. The highest BCUT2D eigenvalue weighted by atomic mass is 32.1. The van der Waals surface area contributed by atoms with Crippen LogP contribution in [0.25, 0.3) is 0 Å². The van der Waals surface area contributed by atoms with Crippen molar-refractivity contribution >= 4 is 11.3 Å². The fraction of sp³-hybridized carbons (Fsp3) is 0.286. The van der Waals surface area contributed by atoms with Gasteiger partial charge < -0.3 is 14.6 Å². The first kappa shape index (κ1) is 12.9. The third-order valence-corrected chi connectivity index (χ3v) is 3.37. The average molecular weight is 264 g/mol. The van der Waals surface area contributed by atoms with Gasteiger partial charge in [0.15, 0.2) is 11.5 Å². The number of rotatable bonds is 6. The predicted molar refractivity (Wildman–Crippen MR) is 72.4 cm³/mol. The zero-order chi connectivity index (χ0) is 12.8. The van der Waals surface area contributed by atoms with Gasteiger partial charge in [0, 0.05) is 6.42 Å². The van der Waals surface area contributed by atoms with Crippen molar-refractivity contribution in [1.29, 1.82) is 0 Å². The van der Waals surface area contributed by atoms with Crippen molar-refractivity contribution in [2.45, 2.75) is 13.0 Å². The van der Waals surface area contributed by atoms with Crippen LogP contribution in [0.4, 0.5) is 0 Å². The van der Waals surface area contributed by atoms with Crippen LogP contribution in [0.2, 0.25) is 0 Å². The molecule has 0 fully saturated rings. The largest absolute Gasteiger partial charge is 0.493 e. The Morgan fingerprint density at radius 1 is 1.17 bits per heavy atom. The summed E-state index contributed by atoms with van der Waals surface area (Å²) in [4.78, 5) is 0. The minimum atomic E-state index is 0.00550. The van der Waals surface area contributed by atoms with Gasteiger partial charge in [-0.1, -0.05) is 6.07 Å². The van der Waals surface area contributed by atoms with Crippen LogP contribution in [-0.4, -0.2) is 18.8 Å². The Kier molecular flexibility index (Phi) is 4.61. The van der Waals surface area contributed by atoms with E-state index in [4.69, 9.17) is 14.6 Å². The minimum absolute atomic E-state index is 0.00550. The van der Waals surface area contributed by atoms with E-state index in [1.807, 2.05) is 12.1 Å². The van der Waals surface area contributed by atoms with E-state index in [2.05, 4.69) is 16.8 Å². The normalized spacial score (nSPS) is 10.3. The van der Waals surface area contributed by atoms with Gasteiger partial charge in [-0.15, -0.1) is 0 Å². The van der Waals surface area contributed by atoms with Gasteiger partial charge in [-0.3, -0.25) is 0 Å². The number of benzene rings is 1. The lowest BCUT2D eigenvalue weighted by molar-refractivity contribution is 0.277. The highest BCUT2D eigenvalue weighted by Gasteiger charge is 2.05. The smallest absolute Gasteiger partial charge is 0.161 e. The Balaban J connectivity index is 1.96. The van der Waals surface area contributed by atoms with Gasteiger partial charge in [0.2, 0.25) is 0 Å². The van der Waals surface area contributed by atoms with E-state index in [0.29, 0.717) is 18.1 Å². The topological polar surface area (TPSA) is 38.7 Å². The molecule has 2 rings (SSSR count). The molecule has 0 unspecified atom stereocenters. The summed E-state index contributed by atoms with van der Waals surface area (Å²) in [5, 5.41) is 13.2. The molecule has 0 atom stereocenters. The molecule has 2 aromatic rings. The summed E-state index contributed by atoms with van der Waals surface area (Å²) in [7, 11) is 1.60. The molecule has 1 aromatic heterocycles. The summed E-state index contributed by atoms with van der Waals surface area (Å²) in [6.45, 7) is 0.622. The lowest BCUT2D eigenvalue weighted by atomic mass is 10.2. The van der Waals surface area contributed by atoms with Crippen LogP contribution in [0.5, 0.6) is 11.5 Å². The number of methoxy groups -OCH3 is 1. The van der Waals surface area contributed by atoms with Gasteiger partial charge >= 0.3 is 0 Å². The quantitative estimate of drug-likeness (QED) is 0.872. The molecule has 0 aliphatic carbocycles. The first-order valence-corrected chi connectivity index (χ1v) is 6.69. The average Bonchev–Trinajstić information content (AvgIpc) is 2.92. The number of aliphatic hydroxyl groups is 1. The van der Waals surface area contributed by atoms with Gasteiger partial charge in [0.1, 0.15) is 0 Å². The van der Waals surface area contributed by atoms with Crippen molar-refractivity contribution in [3.8, 4) is 11.5 Å². The van der Waals surface area contributed by atoms with E-state index in [1.165, 1.54) is 5.56 Å². The molecule has 0 bridgehead atoms. The molecule has 0 saturated carbocycles. The fourth-order valence-corrected chi connectivity index (χ4v) is 2.35. The zero-order valence-corrected chi connectivity index (χ0v) is 11.1. The molecule has 4 heteroatoms. The molecule has 18 heavy (non-hydrogen) atoms. The standard InChI is InChI=1S/C14H16O3S/c1-16-14-8-12(9-15)2-3-13(14)17-6-4-11-5-7-18-10-11/h2-3,5,7-8,10,15H,4,6,9H2,1H3. The van der Waals surface area contributed by atoms with E-state index in [1.54, 1.807) is 24.5 Å². The number of hydrogen-bond donors (Lipinski definition) is 1. The Labute approximate surface area is 111 Å². The van der Waals surface area contributed by atoms with E-state index in [0.717, 1.165) is 12.0 Å². The molecule has 1 heterocycles. The Hall–Kier alpha value is -1.52. The molecule has 96 valence electrons. The van der Waals surface area contributed by atoms with Gasteiger partial charge in [-0.2, -0.15) is 11.3 Å². The number of aliphatic hydroxyl groups excluding tert-OH is 1. The Morgan fingerprint density at radius 3 is 2.72 bits per heavy atom. The summed E-state index contributed by atoms with van der Waals surface area (Å²) in [6, 6.07) is 7.56. The summed E-state index contributed by atoms with van der Waals surface area (Å²) in [5.74, 6) is 1.37. The van der Waals surface area contributed by atoms with Gasteiger partial charge in [-0.05, 0) is 40.1 Å². The molecule has 0 saturated heterocycles. The van der Waals surface area contributed by atoms with Crippen molar-refractivity contribution < 1.29 is 14.6 Å². The van der Waals surface area contributed by atoms with Crippen molar-refractivity contribution in [3.05, 3.63) is 46.2 Å². The second-order valence-corrected chi connectivity index (χ2v) is 4.65. The molecule has 1 aromatic carbocycles. The lowest BCUT2D eigenvalue weighted by Gasteiger charge is -2.11. The first-order chi connectivity index (χ1) is 8.83. The molecular formula is C14H16O3S. The number of thiophene rings is 1. The van der Waals surface area contributed by atoms with E-state index < -0.39 is 0 Å². The Bertz CT molecular complexity index is 480.